The predicted octanol–water partition coefficient (Wildman–Crippen LogP) is 3.89. The molecular weight excluding hydrogens is 374 g/mol. The zero-order valence-electron chi connectivity index (χ0n) is 16.2. The van der Waals surface area contributed by atoms with E-state index in [0.717, 1.165) is 10.6 Å². The molecule has 0 aromatic heterocycles. The fourth-order valence-electron chi connectivity index (χ4n) is 2.39. The van der Waals surface area contributed by atoms with Gasteiger partial charge in [-0.15, -0.1) is 11.8 Å². The van der Waals surface area contributed by atoms with Crippen molar-refractivity contribution in [2.24, 2.45) is 11.1 Å². The van der Waals surface area contributed by atoms with Crippen molar-refractivity contribution in [1.29, 1.82) is 0 Å². The summed E-state index contributed by atoms with van der Waals surface area (Å²) in [4.78, 5) is 36.0. The van der Waals surface area contributed by atoms with Crippen molar-refractivity contribution in [1.82, 2.24) is 0 Å². The summed E-state index contributed by atoms with van der Waals surface area (Å²) in [6.45, 7) is 6.05. The van der Waals surface area contributed by atoms with E-state index in [4.69, 9.17) is 5.73 Å². The fraction of sp³-hybridized carbons (Fsp3) is 0.286. The van der Waals surface area contributed by atoms with E-state index < -0.39 is 5.91 Å². The highest BCUT2D eigenvalue weighted by atomic mass is 32.2. The summed E-state index contributed by atoms with van der Waals surface area (Å²) in [5.41, 5.74) is 6.86. The normalized spacial score (nSPS) is 11.0. The quantitative estimate of drug-likeness (QED) is 0.615. The minimum Gasteiger partial charge on any atom is -0.366 e. The number of carbonyl (C=O) groups is 3. The van der Waals surface area contributed by atoms with Crippen LogP contribution in [0.4, 0.5) is 11.4 Å². The summed E-state index contributed by atoms with van der Waals surface area (Å²) in [5.74, 6) is -0.437. The van der Waals surface area contributed by atoms with Gasteiger partial charge in [0.05, 0.1) is 5.75 Å². The third-order valence-electron chi connectivity index (χ3n) is 3.65. The molecule has 0 radical (unpaired) electrons. The molecule has 2 aromatic carbocycles. The van der Waals surface area contributed by atoms with Gasteiger partial charge in [-0.1, -0.05) is 20.8 Å². The van der Waals surface area contributed by atoms with Gasteiger partial charge < -0.3 is 16.4 Å². The molecule has 0 saturated heterocycles. The van der Waals surface area contributed by atoms with Crippen LogP contribution >= 0.6 is 11.8 Å². The molecule has 2 rings (SSSR count). The van der Waals surface area contributed by atoms with Crippen molar-refractivity contribution in [2.45, 2.75) is 32.1 Å². The van der Waals surface area contributed by atoms with Crippen LogP contribution in [0.2, 0.25) is 0 Å². The Labute approximate surface area is 169 Å². The Kier molecular flexibility index (Phi) is 7.23. The Morgan fingerprint density at radius 1 is 0.857 bits per heavy atom. The molecule has 0 saturated carbocycles. The van der Waals surface area contributed by atoms with Gasteiger partial charge in [0.15, 0.2) is 0 Å². The summed E-state index contributed by atoms with van der Waals surface area (Å²) in [6, 6.07) is 13.8. The molecule has 7 heteroatoms. The van der Waals surface area contributed by atoms with E-state index >= 15 is 0 Å². The maximum Gasteiger partial charge on any atom is 0.248 e. The Balaban J connectivity index is 1.81. The smallest absolute Gasteiger partial charge is 0.248 e. The molecule has 0 fully saturated rings. The predicted molar refractivity (Wildman–Crippen MR) is 113 cm³/mol. The Bertz CT molecular complexity index is 841. The Morgan fingerprint density at radius 2 is 1.36 bits per heavy atom. The summed E-state index contributed by atoms with van der Waals surface area (Å²) < 4.78 is 0. The van der Waals surface area contributed by atoms with Crippen LogP contribution in [-0.4, -0.2) is 23.5 Å². The molecule has 2 aromatic rings. The van der Waals surface area contributed by atoms with Crippen LogP contribution in [0.15, 0.2) is 53.4 Å². The van der Waals surface area contributed by atoms with Gasteiger partial charge in [-0.25, -0.2) is 0 Å². The average Bonchev–Trinajstić information content (AvgIpc) is 2.60. The van der Waals surface area contributed by atoms with Crippen molar-refractivity contribution >= 4 is 40.9 Å². The number of amides is 3. The number of nitrogens with two attached hydrogens (primary N) is 1. The standard InChI is InChI=1S/C21H25N3O3S/c1-21(2,3)12-18(25)23-16-8-10-17(11-9-16)28-13-19(26)24-15-6-4-14(5-7-15)20(22)27/h4-11H,12-13H2,1-3H3,(H2,22,27)(H,23,25)(H,24,26). The highest BCUT2D eigenvalue weighted by Gasteiger charge is 2.15. The van der Waals surface area contributed by atoms with Gasteiger partial charge in [-0.05, 0) is 53.9 Å². The number of anilines is 2. The molecule has 28 heavy (non-hydrogen) atoms. The van der Waals surface area contributed by atoms with E-state index in [-0.39, 0.29) is 23.0 Å². The molecule has 3 amide bonds. The highest BCUT2D eigenvalue weighted by molar-refractivity contribution is 8.00. The third kappa shape index (κ3) is 7.44. The molecule has 0 heterocycles. The topological polar surface area (TPSA) is 101 Å². The molecule has 4 N–H and O–H groups in total. The number of benzene rings is 2. The summed E-state index contributed by atoms with van der Waals surface area (Å²) in [5, 5.41) is 5.64. The lowest BCUT2D eigenvalue weighted by molar-refractivity contribution is -0.118. The van der Waals surface area contributed by atoms with Crippen LogP contribution in [0.5, 0.6) is 0 Å². The SMILES string of the molecule is CC(C)(C)CC(=O)Nc1ccc(SCC(=O)Nc2ccc(C(N)=O)cc2)cc1. The van der Waals surface area contributed by atoms with Crippen molar-refractivity contribution < 1.29 is 14.4 Å². The molecule has 0 atom stereocenters. The van der Waals surface area contributed by atoms with Gasteiger partial charge in [-0.3, -0.25) is 14.4 Å². The maximum atomic E-state index is 12.1. The van der Waals surface area contributed by atoms with E-state index in [1.807, 2.05) is 45.0 Å². The highest BCUT2D eigenvalue weighted by Crippen LogP contribution is 2.23. The molecule has 6 nitrogen and oxygen atoms in total. The van der Waals surface area contributed by atoms with E-state index in [2.05, 4.69) is 10.6 Å². The molecule has 0 aliphatic heterocycles. The van der Waals surface area contributed by atoms with Gasteiger partial charge in [-0.2, -0.15) is 0 Å². The van der Waals surface area contributed by atoms with Gasteiger partial charge in [0.1, 0.15) is 0 Å². The number of thioether (sulfide) groups is 1. The molecule has 148 valence electrons. The van der Waals surface area contributed by atoms with Gasteiger partial charge in [0.2, 0.25) is 17.7 Å². The van der Waals surface area contributed by atoms with E-state index in [1.54, 1.807) is 24.3 Å². The van der Waals surface area contributed by atoms with Crippen molar-refractivity contribution in [2.75, 3.05) is 16.4 Å². The minimum absolute atomic E-state index is 0.0189. The lowest BCUT2D eigenvalue weighted by Gasteiger charge is -2.17. The first-order valence-electron chi connectivity index (χ1n) is 8.85. The molecule has 0 spiro atoms. The van der Waals surface area contributed by atoms with Gasteiger partial charge in [0, 0.05) is 28.3 Å². The van der Waals surface area contributed by atoms with Crippen molar-refractivity contribution in [3.63, 3.8) is 0 Å². The molecule has 0 aliphatic carbocycles. The van der Waals surface area contributed by atoms with Crippen LogP contribution in [-0.2, 0) is 9.59 Å². The summed E-state index contributed by atoms with van der Waals surface area (Å²) in [7, 11) is 0. The van der Waals surface area contributed by atoms with E-state index in [0.29, 0.717) is 17.7 Å². The number of hydrogen-bond acceptors (Lipinski definition) is 4. The van der Waals surface area contributed by atoms with Crippen LogP contribution in [0.1, 0.15) is 37.6 Å². The monoisotopic (exact) mass is 399 g/mol. The average molecular weight is 400 g/mol. The fourth-order valence-corrected chi connectivity index (χ4v) is 3.08. The maximum absolute atomic E-state index is 12.1. The van der Waals surface area contributed by atoms with E-state index in [1.165, 1.54) is 11.8 Å². The van der Waals surface area contributed by atoms with Crippen LogP contribution in [0, 0.1) is 5.41 Å². The van der Waals surface area contributed by atoms with Gasteiger partial charge in [0.25, 0.3) is 0 Å². The van der Waals surface area contributed by atoms with Gasteiger partial charge >= 0.3 is 0 Å². The minimum atomic E-state index is -0.508. The summed E-state index contributed by atoms with van der Waals surface area (Å²) in [6.07, 6.45) is 0.449. The van der Waals surface area contributed by atoms with Crippen LogP contribution < -0.4 is 16.4 Å². The first kappa shape index (κ1) is 21.5. The molecular formula is C21H25N3O3S. The zero-order chi connectivity index (χ0) is 20.7. The number of nitrogens with one attached hydrogen (secondary N) is 2. The lowest BCUT2D eigenvalue weighted by atomic mass is 9.92. The lowest BCUT2D eigenvalue weighted by Crippen LogP contribution is -2.19. The number of rotatable bonds is 7. The second-order valence-electron chi connectivity index (χ2n) is 7.59. The number of carbonyl (C=O) groups excluding carboxylic acids is 3. The molecule has 0 unspecified atom stereocenters. The second-order valence-corrected chi connectivity index (χ2v) is 8.64. The second kappa shape index (κ2) is 9.41. The van der Waals surface area contributed by atoms with Crippen LogP contribution in [0.25, 0.3) is 0 Å². The first-order chi connectivity index (χ1) is 13.1. The Morgan fingerprint density at radius 3 is 1.86 bits per heavy atom. The van der Waals surface area contributed by atoms with E-state index in [9.17, 15) is 14.4 Å². The number of primary amides is 1. The van der Waals surface area contributed by atoms with Crippen molar-refractivity contribution in [3.05, 3.63) is 54.1 Å². The largest absolute Gasteiger partial charge is 0.366 e. The molecule has 0 aliphatic rings. The Hall–Kier alpha value is -2.80. The summed E-state index contributed by atoms with van der Waals surface area (Å²) >= 11 is 1.39. The number of hydrogen-bond donors (Lipinski definition) is 3. The van der Waals surface area contributed by atoms with Crippen molar-refractivity contribution in [3.8, 4) is 0 Å². The first-order valence-corrected chi connectivity index (χ1v) is 9.83. The molecule has 0 bridgehead atoms. The van der Waals surface area contributed by atoms with Crippen LogP contribution in [0.3, 0.4) is 0 Å². The zero-order valence-corrected chi connectivity index (χ0v) is 17.1. The third-order valence-corrected chi connectivity index (χ3v) is 4.66.